The van der Waals surface area contributed by atoms with Gasteiger partial charge in [0, 0.05) is 47.5 Å². The van der Waals surface area contributed by atoms with Gasteiger partial charge in [0.05, 0.1) is 26.3 Å². The maximum atomic E-state index is 10.3. The van der Waals surface area contributed by atoms with E-state index in [1.165, 1.54) is 0 Å². The van der Waals surface area contributed by atoms with Crippen molar-refractivity contribution in [3.05, 3.63) is 47.5 Å². The molecule has 179 valence electrons. The van der Waals surface area contributed by atoms with Crippen LogP contribution < -0.4 is 9.47 Å². The Morgan fingerprint density at radius 3 is 1.58 bits per heavy atom. The number of carboxylic acids is 1. The summed E-state index contributed by atoms with van der Waals surface area (Å²) < 4.78 is 11.4. The van der Waals surface area contributed by atoms with Gasteiger partial charge >= 0.3 is 0 Å². The molecule has 4 bridgehead atoms. The quantitative estimate of drug-likeness (QED) is 0.472. The number of carbonyl (C=O) groups is 1. The molecule has 0 unspecified atom stereocenters. The zero-order valence-electron chi connectivity index (χ0n) is 18.6. The number of para-hydroxylation sites is 2. The fraction of sp³-hybridized carbons (Fsp3) is 0.375. The fourth-order valence-corrected chi connectivity index (χ4v) is 2.88. The zero-order chi connectivity index (χ0) is 23.2. The first kappa shape index (κ1) is 28.0. The van der Waals surface area contributed by atoms with Crippen molar-refractivity contribution in [2.45, 2.75) is 32.6 Å². The predicted molar refractivity (Wildman–Crippen MR) is 124 cm³/mol. The molecular weight excluding hydrogens is 467 g/mol. The van der Waals surface area contributed by atoms with Gasteiger partial charge in [0.2, 0.25) is 0 Å². The number of hydrogen-bond donors (Lipinski definition) is 3. The summed E-state index contributed by atoms with van der Waals surface area (Å²) in [5.41, 5.74) is 1.25. The molecule has 0 spiro atoms. The smallest absolute Gasteiger partial charge is 0.300 e. The Labute approximate surface area is 204 Å². The molecule has 0 amide bonds. The third kappa shape index (κ3) is 10.4. The van der Waals surface area contributed by atoms with E-state index in [1.807, 2.05) is 12.1 Å². The number of aliphatic carboxylic acids is 1. The summed E-state index contributed by atoms with van der Waals surface area (Å²) in [5, 5.41) is 28.1. The number of carboxylic acid groups (broad SMARTS) is 1. The summed E-state index contributed by atoms with van der Waals surface area (Å²) in [6.07, 6.45) is 7.06. The van der Waals surface area contributed by atoms with Crippen molar-refractivity contribution in [3.8, 4) is 23.0 Å². The van der Waals surface area contributed by atoms with E-state index in [4.69, 9.17) is 19.4 Å². The van der Waals surface area contributed by atoms with Crippen LogP contribution in [0.3, 0.4) is 0 Å². The van der Waals surface area contributed by atoms with Crippen LogP contribution >= 0.6 is 0 Å². The van der Waals surface area contributed by atoms with E-state index in [0.29, 0.717) is 48.9 Å². The average Bonchev–Trinajstić information content (AvgIpc) is 2.75. The molecule has 33 heavy (non-hydrogen) atoms. The molecule has 8 nitrogen and oxygen atoms in total. The van der Waals surface area contributed by atoms with E-state index in [0.717, 1.165) is 32.6 Å². The molecule has 2 aromatic rings. The molecule has 0 fully saturated rings. The normalized spacial score (nSPS) is 14.3. The molecule has 0 aliphatic carbocycles. The number of nitrogens with zero attached hydrogens (tertiary/aromatic N) is 2. The van der Waals surface area contributed by atoms with Gasteiger partial charge in [-0.25, -0.2) is 0 Å². The minimum Gasteiger partial charge on any atom is -0.504 e. The number of benzene rings is 2. The predicted octanol–water partition coefficient (Wildman–Crippen LogP) is 4.06. The van der Waals surface area contributed by atoms with Gasteiger partial charge < -0.3 is 24.8 Å². The van der Waals surface area contributed by atoms with Crippen molar-refractivity contribution in [2.75, 3.05) is 26.3 Å². The Kier molecular flexibility index (Phi) is 13.3. The number of rotatable bonds is 0. The first-order chi connectivity index (χ1) is 15.5. The number of hydrogen-bond acceptors (Lipinski definition) is 7. The molecular formula is C24H30MnN2O6. The summed E-state index contributed by atoms with van der Waals surface area (Å²) in [5.74, 6) is 0.348. The summed E-state index contributed by atoms with van der Waals surface area (Å²) in [6, 6.07) is 10.8. The average molecular weight is 497 g/mol. The SMILES string of the molecule is CC(=O)O.Oc1c2cccc1OCCCCCCOc1cccc(c1O)C=NCCN=C2.[Mn]. The number of ether oxygens (including phenoxy) is 2. The van der Waals surface area contributed by atoms with Crippen LogP contribution in [0.5, 0.6) is 23.0 Å². The van der Waals surface area contributed by atoms with Crippen molar-refractivity contribution in [1.29, 1.82) is 0 Å². The van der Waals surface area contributed by atoms with Crippen molar-refractivity contribution < 1.29 is 46.7 Å². The number of phenols is 2. The van der Waals surface area contributed by atoms with E-state index < -0.39 is 5.97 Å². The Morgan fingerprint density at radius 2 is 1.18 bits per heavy atom. The van der Waals surface area contributed by atoms with Crippen molar-refractivity contribution in [3.63, 3.8) is 0 Å². The number of aromatic hydroxyl groups is 2. The van der Waals surface area contributed by atoms with Gasteiger partial charge in [-0.05, 0) is 49.9 Å². The van der Waals surface area contributed by atoms with Crippen molar-refractivity contribution in [2.24, 2.45) is 9.98 Å². The molecule has 1 heterocycles. The van der Waals surface area contributed by atoms with E-state index in [1.54, 1.807) is 36.7 Å². The molecule has 1 aliphatic heterocycles. The fourth-order valence-electron chi connectivity index (χ4n) is 2.88. The molecule has 1 aliphatic rings. The molecule has 3 rings (SSSR count). The van der Waals surface area contributed by atoms with Gasteiger partial charge in [0.25, 0.3) is 5.97 Å². The van der Waals surface area contributed by atoms with Crippen LogP contribution in [-0.4, -0.2) is 60.0 Å². The van der Waals surface area contributed by atoms with Gasteiger partial charge in [0.15, 0.2) is 23.0 Å². The molecule has 0 saturated carbocycles. The molecule has 0 atom stereocenters. The van der Waals surface area contributed by atoms with Gasteiger partial charge in [-0.15, -0.1) is 0 Å². The second-order valence-electron chi connectivity index (χ2n) is 7.09. The van der Waals surface area contributed by atoms with Crippen molar-refractivity contribution in [1.82, 2.24) is 0 Å². The van der Waals surface area contributed by atoms with Crippen LogP contribution in [0.2, 0.25) is 0 Å². The summed E-state index contributed by atoms with van der Waals surface area (Å²) in [7, 11) is 0. The Balaban J connectivity index is 0.00000101. The molecule has 9 heteroatoms. The van der Waals surface area contributed by atoms with E-state index >= 15 is 0 Å². The summed E-state index contributed by atoms with van der Waals surface area (Å²) >= 11 is 0. The second-order valence-corrected chi connectivity index (χ2v) is 7.09. The van der Waals surface area contributed by atoms with Gasteiger partial charge in [-0.2, -0.15) is 0 Å². The van der Waals surface area contributed by atoms with Crippen LogP contribution in [0.4, 0.5) is 0 Å². The maximum absolute atomic E-state index is 10.3. The van der Waals surface area contributed by atoms with Gasteiger partial charge in [-0.1, -0.05) is 12.1 Å². The molecule has 2 aromatic carbocycles. The minimum atomic E-state index is -0.833. The van der Waals surface area contributed by atoms with Gasteiger partial charge in [-0.3, -0.25) is 14.8 Å². The number of aliphatic imine (C=N–C) groups is 2. The van der Waals surface area contributed by atoms with Crippen LogP contribution in [-0.2, 0) is 21.9 Å². The standard InChI is InChI=1S/C22H26N2O4.C2H4O2.Mn/c25-21-17-7-5-9-19(21)27-13-3-1-2-4-14-28-20-10-6-8-18(22(20)26)16-24-12-11-23-15-17;1-2(3)4;/h5-10,15-16,25-26H,1-4,11-14H2;1H3,(H,3,4);. The van der Waals surface area contributed by atoms with E-state index in [-0.39, 0.29) is 28.6 Å². The third-order valence-corrected chi connectivity index (χ3v) is 4.43. The molecule has 1 radical (unpaired) electrons. The van der Waals surface area contributed by atoms with E-state index in [2.05, 4.69) is 9.98 Å². The monoisotopic (exact) mass is 497 g/mol. The minimum absolute atomic E-state index is 0. The van der Waals surface area contributed by atoms with Crippen LogP contribution in [0, 0.1) is 0 Å². The van der Waals surface area contributed by atoms with E-state index in [9.17, 15) is 10.2 Å². The summed E-state index contributed by atoms with van der Waals surface area (Å²) in [6.45, 7) is 3.12. The number of phenolic OH excluding ortho intramolecular Hbond substituents is 2. The third-order valence-electron chi connectivity index (χ3n) is 4.43. The maximum Gasteiger partial charge on any atom is 0.300 e. The topological polar surface area (TPSA) is 121 Å². The summed E-state index contributed by atoms with van der Waals surface area (Å²) in [4.78, 5) is 17.6. The van der Waals surface area contributed by atoms with Crippen LogP contribution in [0.25, 0.3) is 0 Å². The molecule has 0 aromatic heterocycles. The second kappa shape index (κ2) is 15.7. The molecule has 3 N–H and O–H groups in total. The first-order valence-electron chi connectivity index (χ1n) is 10.6. The zero-order valence-corrected chi connectivity index (χ0v) is 19.8. The molecule has 0 saturated heterocycles. The number of fused-ring (bicyclic) bond motifs is 4. The Morgan fingerprint density at radius 1 is 0.788 bits per heavy atom. The Hall–Kier alpha value is -3.03. The largest absolute Gasteiger partial charge is 0.504 e. The van der Waals surface area contributed by atoms with Crippen LogP contribution in [0.1, 0.15) is 43.7 Å². The first-order valence-corrected chi connectivity index (χ1v) is 10.6. The van der Waals surface area contributed by atoms with Gasteiger partial charge in [0.1, 0.15) is 0 Å². The van der Waals surface area contributed by atoms with Crippen LogP contribution in [0.15, 0.2) is 46.4 Å². The Bertz CT molecular complexity index is 860. The van der Waals surface area contributed by atoms with Crippen molar-refractivity contribution >= 4 is 18.4 Å².